The van der Waals surface area contributed by atoms with Crippen LogP contribution in [0.1, 0.15) is 44.4 Å². The van der Waals surface area contributed by atoms with Gasteiger partial charge in [0.1, 0.15) is 5.82 Å². The molecule has 1 rings (SSSR count). The summed E-state index contributed by atoms with van der Waals surface area (Å²) in [5.74, 6) is 4.18. The zero-order chi connectivity index (χ0) is 16.3. The Morgan fingerprint density at radius 2 is 1.90 bits per heavy atom. The Morgan fingerprint density at radius 1 is 1.29 bits per heavy atom. The third-order valence-electron chi connectivity index (χ3n) is 3.58. The summed E-state index contributed by atoms with van der Waals surface area (Å²) in [4.78, 5) is 0. The smallest absolute Gasteiger partial charge is 0.374 e. The molecule has 0 bridgehead atoms. The molecule has 0 heterocycles. The molecule has 7 heteroatoms. The van der Waals surface area contributed by atoms with Gasteiger partial charge in [-0.3, -0.25) is 11.3 Å². The van der Waals surface area contributed by atoms with Crippen LogP contribution in [0, 0.1) is 5.82 Å². The lowest BCUT2D eigenvalue weighted by molar-refractivity contribution is -0.140. The zero-order valence-electron chi connectivity index (χ0n) is 12.2. The molecule has 120 valence electrons. The van der Waals surface area contributed by atoms with Crippen LogP contribution >= 0.6 is 0 Å². The van der Waals surface area contributed by atoms with Crippen LogP contribution in [0.2, 0.25) is 0 Å². The molecule has 0 spiro atoms. The van der Waals surface area contributed by atoms with E-state index in [0.29, 0.717) is 13.0 Å². The summed E-state index contributed by atoms with van der Waals surface area (Å²) in [6.07, 6.45) is -4.23. The first-order valence-corrected chi connectivity index (χ1v) is 6.66. The van der Waals surface area contributed by atoms with Crippen LogP contribution in [-0.4, -0.2) is 12.2 Å². The number of ether oxygens (including phenoxy) is 1. The second-order valence-electron chi connectivity index (χ2n) is 4.94. The van der Waals surface area contributed by atoms with E-state index in [9.17, 15) is 17.6 Å². The summed E-state index contributed by atoms with van der Waals surface area (Å²) in [6.45, 7) is 5.76. The van der Waals surface area contributed by atoms with Gasteiger partial charge < -0.3 is 4.74 Å². The van der Waals surface area contributed by atoms with Crippen LogP contribution in [0.3, 0.4) is 0 Å². The standard InChI is InChI=1S/C14H20F4N2O/c1-4-13(3,21-5-2)12(20-19)9-6-7-11(15)10(8-9)14(16,17)18/h6-8,12,20H,4-5,19H2,1-3H3. The molecular weight excluding hydrogens is 288 g/mol. The molecular formula is C14H20F4N2O. The Kier molecular flexibility index (Phi) is 5.72. The second-order valence-corrected chi connectivity index (χ2v) is 4.94. The number of benzene rings is 1. The minimum absolute atomic E-state index is 0.226. The van der Waals surface area contributed by atoms with Crippen molar-refractivity contribution in [2.75, 3.05) is 6.61 Å². The van der Waals surface area contributed by atoms with Gasteiger partial charge in [-0.25, -0.2) is 4.39 Å². The van der Waals surface area contributed by atoms with E-state index in [4.69, 9.17) is 10.6 Å². The molecule has 0 amide bonds. The highest BCUT2D eigenvalue weighted by molar-refractivity contribution is 5.31. The van der Waals surface area contributed by atoms with Gasteiger partial charge >= 0.3 is 6.18 Å². The van der Waals surface area contributed by atoms with Crippen molar-refractivity contribution in [2.24, 2.45) is 5.84 Å². The maximum atomic E-state index is 13.4. The van der Waals surface area contributed by atoms with E-state index in [-0.39, 0.29) is 5.56 Å². The lowest BCUT2D eigenvalue weighted by Crippen LogP contribution is -2.46. The molecule has 0 radical (unpaired) electrons. The lowest BCUT2D eigenvalue weighted by Gasteiger charge is -2.36. The number of hydrazine groups is 1. The van der Waals surface area contributed by atoms with E-state index in [2.05, 4.69) is 5.43 Å². The van der Waals surface area contributed by atoms with Crippen molar-refractivity contribution in [1.82, 2.24) is 5.43 Å². The Morgan fingerprint density at radius 3 is 2.33 bits per heavy atom. The topological polar surface area (TPSA) is 47.3 Å². The molecule has 0 fully saturated rings. The lowest BCUT2D eigenvalue weighted by atomic mass is 9.87. The second kappa shape index (κ2) is 6.72. The van der Waals surface area contributed by atoms with Crippen LogP contribution < -0.4 is 11.3 Å². The molecule has 3 nitrogen and oxygen atoms in total. The summed E-state index contributed by atoms with van der Waals surface area (Å²) >= 11 is 0. The third kappa shape index (κ3) is 3.93. The monoisotopic (exact) mass is 308 g/mol. The molecule has 3 N–H and O–H groups in total. The first-order valence-electron chi connectivity index (χ1n) is 6.66. The van der Waals surface area contributed by atoms with Crippen molar-refractivity contribution >= 4 is 0 Å². The molecule has 0 aliphatic heterocycles. The number of nitrogens with two attached hydrogens (primary N) is 1. The molecule has 1 aromatic rings. The SMILES string of the molecule is CCOC(C)(CC)C(NN)c1ccc(F)c(C(F)(F)F)c1. The van der Waals surface area contributed by atoms with Gasteiger partial charge in [0.25, 0.3) is 0 Å². The van der Waals surface area contributed by atoms with Gasteiger partial charge in [-0.15, -0.1) is 0 Å². The third-order valence-corrected chi connectivity index (χ3v) is 3.58. The van der Waals surface area contributed by atoms with Gasteiger partial charge in [0.05, 0.1) is 17.2 Å². The first-order chi connectivity index (χ1) is 9.69. The fourth-order valence-corrected chi connectivity index (χ4v) is 2.28. The number of halogens is 4. The van der Waals surface area contributed by atoms with Crippen LogP contribution in [0.15, 0.2) is 18.2 Å². The minimum atomic E-state index is -4.76. The van der Waals surface area contributed by atoms with E-state index in [1.54, 1.807) is 13.8 Å². The summed E-state index contributed by atoms with van der Waals surface area (Å²) in [5.41, 5.74) is 0.593. The normalized spacial score (nSPS) is 16.6. The van der Waals surface area contributed by atoms with Crippen LogP contribution in [-0.2, 0) is 10.9 Å². The summed E-state index contributed by atoms with van der Waals surface area (Å²) in [5, 5.41) is 0. The average molecular weight is 308 g/mol. The maximum Gasteiger partial charge on any atom is 0.419 e. The van der Waals surface area contributed by atoms with Crippen molar-refractivity contribution in [2.45, 2.75) is 45.0 Å². The number of rotatable bonds is 6. The Bertz CT molecular complexity index is 479. The van der Waals surface area contributed by atoms with Crippen LogP contribution in [0.4, 0.5) is 17.6 Å². The molecule has 0 aliphatic carbocycles. The van der Waals surface area contributed by atoms with Crippen molar-refractivity contribution < 1.29 is 22.3 Å². The number of alkyl halides is 3. The minimum Gasteiger partial charge on any atom is -0.374 e. The summed E-state index contributed by atoms with van der Waals surface area (Å²) < 4.78 is 57.4. The molecule has 0 aromatic heterocycles. The van der Waals surface area contributed by atoms with Gasteiger partial charge in [0.2, 0.25) is 0 Å². The van der Waals surface area contributed by atoms with E-state index >= 15 is 0 Å². The van der Waals surface area contributed by atoms with Crippen LogP contribution in [0.25, 0.3) is 0 Å². The summed E-state index contributed by atoms with van der Waals surface area (Å²) in [6, 6.07) is 2.16. The molecule has 0 saturated heterocycles. The van der Waals surface area contributed by atoms with E-state index in [1.807, 2.05) is 6.92 Å². The fourth-order valence-electron chi connectivity index (χ4n) is 2.28. The van der Waals surface area contributed by atoms with Gasteiger partial charge in [0.15, 0.2) is 0 Å². The molecule has 2 atom stereocenters. The highest BCUT2D eigenvalue weighted by Gasteiger charge is 2.38. The van der Waals surface area contributed by atoms with Gasteiger partial charge in [-0.2, -0.15) is 13.2 Å². The highest BCUT2D eigenvalue weighted by atomic mass is 19.4. The van der Waals surface area contributed by atoms with Crippen molar-refractivity contribution in [3.8, 4) is 0 Å². The number of nitrogens with one attached hydrogen (secondary N) is 1. The Labute approximate surface area is 121 Å². The van der Waals surface area contributed by atoms with E-state index in [0.717, 1.165) is 12.1 Å². The number of hydrogen-bond acceptors (Lipinski definition) is 3. The quantitative estimate of drug-likeness (QED) is 0.480. The summed E-state index contributed by atoms with van der Waals surface area (Å²) in [7, 11) is 0. The van der Waals surface area contributed by atoms with Crippen molar-refractivity contribution in [3.05, 3.63) is 35.1 Å². The Hall–Kier alpha value is -1.18. The average Bonchev–Trinajstić information content (AvgIpc) is 2.40. The number of hydrogen-bond donors (Lipinski definition) is 2. The molecule has 0 saturated carbocycles. The fraction of sp³-hybridized carbons (Fsp3) is 0.571. The first kappa shape index (κ1) is 17.9. The molecule has 0 aliphatic rings. The van der Waals surface area contributed by atoms with E-state index < -0.39 is 29.2 Å². The maximum absolute atomic E-state index is 13.4. The zero-order valence-corrected chi connectivity index (χ0v) is 12.2. The highest BCUT2D eigenvalue weighted by Crippen LogP contribution is 2.36. The van der Waals surface area contributed by atoms with Crippen LogP contribution in [0.5, 0.6) is 0 Å². The van der Waals surface area contributed by atoms with Crippen molar-refractivity contribution in [3.63, 3.8) is 0 Å². The van der Waals surface area contributed by atoms with E-state index in [1.165, 1.54) is 6.07 Å². The predicted molar refractivity (Wildman–Crippen MR) is 71.8 cm³/mol. The van der Waals surface area contributed by atoms with Gasteiger partial charge in [0, 0.05) is 6.61 Å². The predicted octanol–water partition coefficient (Wildman–Crippen LogP) is 3.55. The van der Waals surface area contributed by atoms with Gasteiger partial charge in [-0.05, 0) is 38.0 Å². The van der Waals surface area contributed by atoms with Crippen molar-refractivity contribution in [1.29, 1.82) is 0 Å². The molecule has 2 unspecified atom stereocenters. The molecule has 21 heavy (non-hydrogen) atoms. The largest absolute Gasteiger partial charge is 0.419 e. The van der Waals surface area contributed by atoms with Gasteiger partial charge in [-0.1, -0.05) is 13.0 Å². The Balaban J connectivity index is 3.29. The molecule has 1 aromatic carbocycles.